The van der Waals surface area contributed by atoms with Crippen molar-refractivity contribution in [1.29, 1.82) is 0 Å². The summed E-state index contributed by atoms with van der Waals surface area (Å²) in [6.45, 7) is 8.86. The van der Waals surface area contributed by atoms with Crippen LogP contribution in [0.15, 0.2) is 40.8 Å². The number of amides is 1. The van der Waals surface area contributed by atoms with Gasteiger partial charge in [-0.05, 0) is 42.8 Å². The largest absolute Gasteiger partial charge is 0.451 e. The van der Waals surface area contributed by atoms with E-state index in [1.807, 2.05) is 30.3 Å². The van der Waals surface area contributed by atoms with Crippen LogP contribution in [0, 0.1) is 6.92 Å². The van der Waals surface area contributed by atoms with Crippen molar-refractivity contribution in [2.75, 3.05) is 57.4 Å². The summed E-state index contributed by atoms with van der Waals surface area (Å²) in [5, 5.41) is 2.43. The van der Waals surface area contributed by atoms with Crippen LogP contribution in [0.25, 0.3) is 11.0 Å². The zero-order valence-electron chi connectivity index (χ0n) is 18.7. The molecule has 2 fully saturated rings. The van der Waals surface area contributed by atoms with Crippen LogP contribution in [0.3, 0.4) is 0 Å². The average Bonchev–Trinajstić information content (AvgIpc) is 3.28. The maximum Gasteiger partial charge on any atom is 0.289 e. The maximum absolute atomic E-state index is 12.8. The van der Waals surface area contributed by atoms with Gasteiger partial charge in [0, 0.05) is 72.5 Å². The number of carbonyl (C=O) groups is 1. The Morgan fingerprint density at radius 3 is 2.36 bits per heavy atom. The quantitative estimate of drug-likeness (QED) is 0.526. The zero-order valence-corrected chi connectivity index (χ0v) is 20.2. The molecule has 33 heavy (non-hydrogen) atoms. The third-order valence-corrected chi connectivity index (χ3v) is 7.32. The summed E-state index contributed by atoms with van der Waals surface area (Å²) in [6, 6.07) is 11.6. The molecule has 5 rings (SSSR count). The van der Waals surface area contributed by atoms with Gasteiger partial charge in [-0.3, -0.25) is 9.69 Å². The highest BCUT2D eigenvalue weighted by Crippen LogP contribution is 2.32. The van der Waals surface area contributed by atoms with E-state index in [1.54, 1.807) is 4.90 Å². The lowest BCUT2D eigenvalue weighted by atomic mass is 10.1. The number of carbonyl (C=O) groups excluding carboxylic acids is 1. The third kappa shape index (κ3) is 4.58. The van der Waals surface area contributed by atoms with Gasteiger partial charge in [-0.15, -0.1) is 0 Å². The van der Waals surface area contributed by atoms with Crippen molar-refractivity contribution in [2.24, 2.45) is 0 Å². The molecular weight excluding hydrogens is 461 g/mol. The molecule has 8 heteroatoms. The molecule has 6 nitrogen and oxygen atoms in total. The first-order valence-corrected chi connectivity index (χ1v) is 12.1. The summed E-state index contributed by atoms with van der Waals surface area (Å²) in [5.74, 6) is 0.330. The molecule has 0 unspecified atom stereocenters. The van der Waals surface area contributed by atoms with Gasteiger partial charge in [-0.2, -0.15) is 0 Å². The number of piperazine rings is 1. The molecule has 0 radical (unpaired) electrons. The van der Waals surface area contributed by atoms with Crippen molar-refractivity contribution in [3.8, 4) is 0 Å². The van der Waals surface area contributed by atoms with Crippen molar-refractivity contribution in [2.45, 2.75) is 13.5 Å². The first-order valence-electron chi connectivity index (χ1n) is 11.3. The number of hydrogen-bond acceptors (Lipinski definition) is 5. The molecule has 0 spiro atoms. The number of aryl methyl sites for hydroxylation is 1. The molecule has 2 aromatic carbocycles. The molecule has 0 saturated carbocycles. The van der Waals surface area contributed by atoms with E-state index in [0.717, 1.165) is 54.8 Å². The molecule has 2 aliphatic rings. The van der Waals surface area contributed by atoms with Gasteiger partial charge in [0.15, 0.2) is 5.76 Å². The van der Waals surface area contributed by atoms with Crippen molar-refractivity contribution in [3.05, 3.63) is 63.3 Å². The SMILES string of the molecule is Cc1c(N2CCN(Cc3c(Cl)cccc3Cl)CC2)ccc2oc(C(=O)N3CCOCC3)cc12. The van der Waals surface area contributed by atoms with E-state index in [4.69, 9.17) is 32.4 Å². The summed E-state index contributed by atoms with van der Waals surface area (Å²) in [6.07, 6.45) is 0. The first kappa shape index (κ1) is 22.5. The van der Waals surface area contributed by atoms with E-state index in [1.165, 1.54) is 5.69 Å². The topological polar surface area (TPSA) is 49.2 Å². The van der Waals surface area contributed by atoms with E-state index in [0.29, 0.717) is 42.1 Å². The molecule has 2 aliphatic heterocycles. The minimum absolute atomic E-state index is 0.0673. The summed E-state index contributed by atoms with van der Waals surface area (Å²) < 4.78 is 11.3. The number of fused-ring (bicyclic) bond motifs is 1. The summed E-state index contributed by atoms with van der Waals surface area (Å²) in [7, 11) is 0. The molecule has 3 heterocycles. The fourth-order valence-corrected chi connectivity index (χ4v) is 5.18. The Morgan fingerprint density at radius 1 is 0.970 bits per heavy atom. The number of benzene rings is 2. The van der Waals surface area contributed by atoms with Gasteiger partial charge in [0.25, 0.3) is 5.91 Å². The Kier molecular flexibility index (Phi) is 6.52. The molecule has 1 amide bonds. The molecular formula is C25H27Cl2N3O3. The first-order chi connectivity index (χ1) is 16.0. The number of halogens is 2. The Hall–Kier alpha value is -2.25. The van der Waals surface area contributed by atoms with Crippen molar-refractivity contribution in [1.82, 2.24) is 9.80 Å². The van der Waals surface area contributed by atoms with Gasteiger partial charge in [-0.1, -0.05) is 29.3 Å². The maximum atomic E-state index is 12.8. The smallest absolute Gasteiger partial charge is 0.289 e. The van der Waals surface area contributed by atoms with Crippen LogP contribution in [0.5, 0.6) is 0 Å². The fraction of sp³-hybridized carbons (Fsp3) is 0.400. The number of anilines is 1. The van der Waals surface area contributed by atoms with Crippen LogP contribution in [0.1, 0.15) is 21.7 Å². The predicted octanol–water partition coefficient (Wildman–Crippen LogP) is 4.84. The molecule has 0 bridgehead atoms. The van der Waals surface area contributed by atoms with Gasteiger partial charge >= 0.3 is 0 Å². The highest BCUT2D eigenvalue weighted by Gasteiger charge is 2.24. The molecule has 3 aromatic rings. The Balaban J connectivity index is 1.29. The second-order valence-electron chi connectivity index (χ2n) is 8.60. The molecule has 0 N–H and O–H groups in total. The fourth-order valence-electron chi connectivity index (χ4n) is 4.66. The second-order valence-corrected chi connectivity index (χ2v) is 9.41. The molecule has 1 aromatic heterocycles. The minimum atomic E-state index is -0.0673. The van der Waals surface area contributed by atoms with Crippen LogP contribution < -0.4 is 4.90 Å². The predicted molar refractivity (Wildman–Crippen MR) is 132 cm³/mol. The van der Waals surface area contributed by atoms with Gasteiger partial charge < -0.3 is 19.0 Å². The number of hydrogen-bond donors (Lipinski definition) is 0. The number of nitrogens with zero attached hydrogens (tertiary/aromatic N) is 3. The van der Waals surface area contributed by atoms with E-state index >= 15 is 0 Å². The normalized spacial score (nSPS) is 17.7. The molecule has 0 aliphatic carbocycles. The van der Waals surface area contributed by atoms with Gasteiger partial charge in [0.05, 0.1) is 13.2 Å². The average molecular weight is 488 g/mol. The van der Waals surface area contributed by atoms with Crippen LogP contribution in [-0.4, -0.2) is 68.2 Å². The third-order valence-electron chi connectivity index (χ3n) is 6.61. The van der Waals surface area contributed by atoms with E-state index in [-0.39, 0.29) is 5.91 Å². The standard InChI is InChI=1S/C25H27Cl2N3O3/c1-17-18-15-24(25(31)30-11-13-32-14-12-30)33-23(18)6-5-22(17)29-9-7-28(8-10-29)16-19-20(26)3-2-4-21(19)27/h2-6,15H,7-14,16H2,1H3. The van der Waals surface area contributed by atoms with Crippen LogP contribution in [-0.2, 0) is 11.3 Å². The summed E-state index contributed by atoms with van der Waals surface area (Å²) in [4.78, 5) is 19.4. The van der Waals surface area contributed by atoms with Gasteiger partial charge in [0.2, 0.25) is 0 Å². The number of furan rings is 1. The second kappa shape index (κ2) is 9.55. The number of morpholine rings is 1. The lowest BCUT2D eigenvalue weighted by molar-refractivity contribution is 0.0284. The van der Waals surface area contributed by atoms with Crippen molar-refractivity contribution in [3.63, 3.8) is 0 Å². The van der Waals surface area contributed by atoms with Crippen molar-refractivity contribution >= 4 is 45.8 Å². The number of rotatable bonds is 4. The van der Waals surface area contributed by atoms with E-state index in [9.17, 15) is 4.79 Å². The minimum Gasteiger partial charge on any atom is -0.451 e. The van der Waals surface area contributed by atoms with Gasteiger partial charge in [-0.25, -0.2) is 0 Å². The van der Waals surface area contributed by atoms with E-state index < -0.39 is 0 Å². The van der Waals surface area contributed by atoms with Crippen molar-refractivity contribution < 1.29 is 13.9 Å². The summed E-state index contributed by atoms with van der Waals surface area (Å²) >= 11 is 12.7. The molecule has 2 saturated heterocycles. The van der Waals surface area contributed by atoms with Crippen LogP contribution >= 0.6 is 23.2 Å². The highest BCUT2D eigenvalue weighted by molar-refractivity contribution is 6.35. The summed E-state index contributed by atoms with van der Waals surface area (Å²) in [5.41, 5.74) is 4.06. The Labute approximate surface area is 203 Å². The number of ether oxygens (including phenoxy) is 1. The van der Waals surface area contributed by atoms with Gasteiger partial charge in [0.1, 0.15) is 5.58 Å². The lowest BCUT2D eigenvalue weighted by Gasteiger charge is -2.37. The van der Waals surface area contributed by atoms with Crippen LogP contribution in [0.2, 0.25) is 10.0 Å². The Bertz CT molecular complexity index is 1140. The molecule has 0 atom stereocenters. The van der Waals surface area contributed by atoms with Crippen LogP contribution in [0.4, 0.5) is 5.69 Å². The highest BCUT2D eigenvalue weighted by atomic mass is 35.5. The molecule has 174 valence electrons. The Morgan fingerprint density at radius 2 is 1.67 bits per heavy atom. The van der Waals surface area contributed by atoms with E-state index in [2.05, 4.69) is 22.8 Å². The lowest BCUT2D eigenvalue weighted by Crippen LogP contribution is -2.46. The monoisotopic (exact) mass is 487 g/mol. The zero-order chi connectivity index (χ0) is 22.9.